The minimum atomic E-state index is -0.283. The Hall–Kier alpha value is -2.35. The van der Waals surface area contributed by atoms with Crippen LogP contribution in [0.4, 0.5) is 5.82 Å². The molecule has 2 N–H and O–H groups in total. The van der Waals surface area contributed by atoms with Gasteiger partial charge in [-0.3, -0.25) is 0 Å². The van der Waals surface area contributed by atoms with Crippen LogP contribution in [0.25, 0.3) is 11.0 Å². The van der Waals surface area contributed by atoms with Crippen LogP contribution in [0.15, 0.2) is 56.6 Å². The third-order valence-corrected chi connectivity index (χ3v) is 7.20. The molecule has 4 heterocycles. The fraction of sp³-hybridized carbons (Fsp3) is 0.417. The molecule has 1 saturated heterocycles. The van der Waals surface area contributed by atoms with Crippen LogP contribution in [-0.4, -0.2) is 47.9 Å². The summed E-state index contributed by atoms with van der Waals surface area (Å²) in [7, 11) is 0. The van der Waals surface area contributed by atoms with Crippen molar-refractivity contribution < 1.29 is 4.42 Å². The number of piperidine rings is 1. The Morgan fingerprint density at radius 3 is 2.97 bits per heavy atom. The van der Waals surface area contributed by atoms with Gasteiger partial charge in [-0.1, -0.05) is 18.2 Å². The van der Waals surface area contributed by atoms with Crippen molar-refractivity contribution in [1.29, 1.82) is 0 Å². The number of pyridine rings is 1. The highest BCUT2D eigenvalue weighted by Crippen LogP contribution is 2.29. The molecule has 6 nitrogen and oxygen atoms in total. The number of para-hydroxylation sites is 1. The summed E-state index contributed by atoms with van der Waals surface area (Å²) in [5, 5.41) is 8.08. The quantitative estimate of drug-likeness (QED) is 0.573. The van der Waals surface area contributed by atoms with E-state index in [2.05, 4.69) is 33.7 Å². The number of hydrogen-bond donors (Lipinski definition) is 2. The molecule has 3 aromatic rings. The fourth-order valence-corrected chi connectivity index (χ4v) is 5.24. The minimum Gasteiger partial charge on any atom is -0.422 e. The van der Waals surface area contributed by atoms with Gasteiger partial charge in [-0.2, -0.15) is 0 Å². The van der Waals surface area contributed by atoms with Crippen molar-refractivity contribution >= 4 is 28.5 Å². The number of fused-ring (bicyclic) bond motifs is 2. The molecule has 0 unspecified atom stereocenters. The van der Waals surface area contributed by atoms with E-state index in [-0.39, 0.29) is 5.63 Å². The van der Waals surface area contributed by atoms with Gasteiger partial charge in [0.2, 0.25) is 0 Å². The average molecular weight is 437 g/mol. The largest absolute Gasteiger partial charge is 0.422 e. The number of hydrogen-bond acceptors (Lipinski definition) is 7. The van der Waals surface area contributed by atoms with Crippen LogP contribution < -0.4 is 16.3 Å². The number of nitrogens with one attached hydrogen (secondary N) is 2. The molecule has 0 spiro atoms. The smallest absolute Gasteiger partial charge is 0.336 e. The van der Waals surface area contributed by atoms with Crippen LogP contribution in [0.5, 0.6) is 0 Å². The third-order valence-electron chi connectivity index (χ3n) is 6.15. The first-order valence-electron chi connectivity index (χ1n) is 11.1. The third kappa shape index (κ3) is 4.95. The molecular formula is C24H28N4O2S. The maximum atomic E-state index is 11.6. The van der Waals surface area contributed by atoms with E-state index in [9.17, 15) is 4.79 Å². The molecule has 1 aromatic carbocycles. The number of benzene rings is 1. The summed E-state index contributed by atoms with van der Waals surface area (Å²) in [5.41, 5.74) is 2.67. The topological polar surface area (TPSA) is 70.4 Å². The second-order valence-corrected chi connectivity index (χ2v) is 9.40. The van der Waals surface area contributed by atoms with Crippen molar-refractivity contribution in [2.45, 2.75) is 36.7 Å². The Labute approximate surface area is 186 Å². The first-order chi connectivity index (χ1) is 15.2. The molecular weight excluding hydrogens is 408 g/mol. The second kappa shape index (κ2) is 9.42. The summed E-state index contributed by atoms with van der Waals surface area (Å²) in [4.78, 5) is 20.2. The highest BCUT2D eigenvalue weighted by atomic mass is 32.2. The number of rotatable bonds is 6. The standard InChI is InChI=1S/C24H28N4O2S/c29-22-7-4-17-2-1-3-18(23(17)30-22)8-12-28-13-9-19(10-14-28)26-16-20-5-6-21-24(27-20)25-11-15-31-21/h1-7,19,26H,8-16H2,(H,25,27). The van der Waals surface area contributed by atoms with Crippen LogP contribution in [0.1, 0.15) is 24.1 Å². The van der Waals surface area contributed by atoms with Gasteiger partial charge in [0.1, 0.15) is 11.4 Å². The lowest BCUT2D eigenvalue weighted by molar-refractivity contribution is 0.199. The molecule has 0 aliphatic carbocycles. The monoisotopic (exact) mass is 436 g/mol. The molecule has 162 valence electrons. The van der Waals surface area contributed by atoms with Gasteiger partial charge in [-0.25, -0.2) is 9.78 Å². The number of anilines is 1. The lowest BCUT2D eigenvalue weighted by Gasteiger charge is -2.32. The number of aromatic nitrogens is 1. The van der Waals surface area contributed by atoms with Crippen LogP contribution in [0.2, 0.25) is 0 Å². The molecule has 5 rings (SSSR count). The molecule has 0 radical (unpaired) electrons. The normalized spacial score (nSPS) is 17.4. The minimum absolute atomic E-state index is 0.283. The van der Waals surface area contributed by atoms with Crippen molar-refractivity contribution in [1.82, 2.24) is 15.2 Å². The molecule has 2 aromatic heterocycles. The number of thioether (sulfide) groups is 1. The maximum Gasteiger partial charge on any atom is 0.336 e. The SMILES string of the molecule is O=c1ccc2cccc(CCN3CCC(NCc4ccc5c(n4)NCCS5)CC3)c2o1. The molecule has 2 aliphatic heterocycles. The van der Waals surface area contributed by atoms with E-state index >= 15 is 0 Å². The summed E-state index contributed by atoms with van der Waals surface area (Å²) in [6.45, 7) is 4.97. The Bertz CT molecular complexity index is 1110. The molecule has 7 heteroatoms. The van der Waals surface area contributed by atoms with E-state index in [1.54, 1.807) is 0 Å². The summed E-state index contributed by atoms with van der Waals surface area (Å²) in [6, 6.07) is 14.3. The summed E-state index contributed by atoms with van der Waals surface area (Å²) in [5.74, 6) is 2.15. The second-order valence-electron chi connectivity index (χ2n) is 8.26. The van der Waals surface area contributed by atoms with Crippen molar-refractivity contribution in [3.8, 4) is 0 Å². The van der Waals surface area contributed by atoms with Gasteiger partial charge in [0.05, 0.1) is 5.69 Å². The Balaban J connectivity index is 1.10. The maximum absolute atomic E-state index is 11.6. The Morgan fingerprint density at radius 2 is 2.06 bits per heavy atom. The van der Waals surface area contributed by atoms with Gasteiger partial charge in [-0.15, -0.1) is 11.8 Å². The molecule has 1 fully saturated rings. The van der Waals surface area contributed by atoms with E-state index < -0.39 is 0 Å². The molecule has 2 aliphatic rings. The first kappa shape index (κ1) is 20.5. The van der Waals surface area contributed by atoms with Gasteiger partial charge >= 0.3 is 5.63 Å². The van der Waals surface area contributed by atoms with Crippen molar-refractivity contribution in [3.63, 3.8) is 0 Å². The van der Waals surface area contributed by atoms with E-state index in [0.29, 0.717) is 6.04 Å². The van der Waals surface area contributed by atoms with Crippen LogP contribution in [0, 0.1) is 0 Å². The molecule has 0 atom stereocenters. The average Bonchev–Trinajstić information content (AvgIpc) is 2.82. The zero-order valence-corrected chi connectivity index (χ0v) is 18.4. The Kier molecular flexibility index (Phi) is 6.25. The van der Waals surface area contributed by atoms with E-state index in [0.717, 1.165) is 85.8 Å². The fourth-order valence-electron chi connectivity index (χ4n) is 4.40. The zero-order chi connectivity index (χ0) is 21.0. The van der Waals surface area contributed by atoms with Gasteiger partial charge < -0.3 is 20.0 Å². The predicted molar refractivity (Wildman–Crippen MR) is 126 cm³/mol. The lowest BCUT2D eigenvalue weighted by atomic mass is 10.0. The Morgan fingerprint density at radius 1 is 1.16 bits per heavy atom. The van der Waals surface area contributed by atoms with Crippen LogP contribution in [-0.2, 0) is 13.0 Å². The van der Waals surface area contributed by atoms with Gasteiger partial charge in [0.25, 0.3) is 0 Å². The van der Waals surface area contributed by atoms with Crippen molar-refractivity contribution in [2.75, 3.05) is 37.2 Å². The van der Waals surface area contributed by atoms with Crippen LogP contribution in [0.3, 0.4) is 0 Å². The van der Waals surface area contributed by atoms with Crippen molar-refractivity contribution in [3.05, 3.63) is 64.1 Å². The van der Waals surface area contributed by atoms with Crippen molar-refractivity contribution in [2.24, 2.45) is 0 Å². The summed E-state index contributed by atoms with van der Waals surface area (Å²) < 4.78 is 5.46. The summed E-state index contributed by atoms with van der Waals surface area (Å²) in [6.07, 6.45) is 3.18. The number of nitrogens with zero attached hydrogens (tertiary/aromatic N) is 2. The molecule has 0 saturated carbocycles. The predicted octanol–water partition coefficient (Wildman–Crippen LogP) is 3.50. The van der Waals surface area contributed by atoms with Crippen LogP contribution >= 0.6 is 11.8 Å². The number of likely N-dealkylation sites (tertiary alicyclic amines) is 1. The highest BCUT2D eigenvalue weighted by Gasteiger charge is 2.19. The first-order valence-corrected chi connectivity index (χ1v) is 12.1. The lowest BCUT2D eigenvalue weighted by Crippen LogP contribution is -2.43. The van der Waals surface area contributed by atoms with Gasteiger partial charge in [-0.05, 0) is 56.1 Å². The van der Waals surface area contributed by atoms with E-state index in [1.807, 2.05) is 30.0 Å². The van der Waals surface area contributed by atoms with E-state index in [1.165, 1.54) is 11.0 Å². The van der Waals surface area contributed by atoms with E-state index in [4.69, 9.17) is 9.40 Å². The summed E-state index contributed by atoms with van der Waals surface area (Å²) >= 11 is 1.88. The molecule has 0 bridgehead atoms. The van der Waals surface area contributed by atoms with Gasteiger partial charge in [0, 0.05) is 47.8 Å². The zero-order valence-electron chi connectivity index (χ0n) is 17.6. The van der Waals surface area contributed by atoms with Gasteiger partial charge in [0.15, 0.2) is 0 Å². The molecule has 31 heavy (non-hydrogen) atoms. The highest BCUT2D eigenvalue weighted by molar-refractivity contribution is 7.99. The molecule has 0 amide bonds.